The van der Waals surface area contributed by atoms with Crippen molar-refractivity contribution >= 4 is 34.8 Å². The highest BCUT2D eigenvalue weighted by atomic mass is 16.5. The Labute approximate surface area is 162 Å². The van der Waals surface area contributed by atoms with Crippen molar-refractivity contribution in [2.45, 2.75) is 6.42 Å². The maximum Gasteiger partial charge on any atom is 0.307 e. The summed E-state index contributed by atoms with van der Waals surface area (Å²) in [6.45, 7) is 3.01. The Morgan fingerprint density at radius 3 is 2.64 bits per heavy atom. The number of fused-ring (bicyclic) bond motifs is 1. The number of benzene rings is 1. The van der Waals surface area contributed by atoms with Gasteiger partial charge in [0.1, 0.15) is 0 Å². The average molecular weight is 387 g/mol. The van der Waals surface area contributed by atoms with Crippen molar-refractivity contribution in [1.82, 2.24) is 19.8 Å². The third-order valence-corrected chi connectivity index (χ3v) is 4.86. The molecule has 10 heteroatoms. The van der Waals surface area contributed by atoms with Crippen molar-refractivity contribution in [2.75, 3.05) is 44.7 Å². The molecule has 2 heterocycles. The van der Waals surface area contributed by atoms with E-state index in [-0.39, 0.29) is 30.8 Å². The van der Waals surface area contributed by atoms with Crippen LogP contribution in [0.15, 0.2) is 18.2 Å². The second-order valence-electron chi connectivity index (χ2n) is 6.62. The topological polar surface area (TPSA) is 130 Å². The van der Waals surface area contributed by atoms with Crippen LogP contribution in [-0.2, 0) is 16.6 Å². The number of carbonyl (C=O) groups is 2. The number of nitrogens with zero attached hydrogens (tertiary/aromatic N) is 4. The standard InChI is InChI=1S/C18H25N7O3/c1-23-14-4-3-12(16(27)21-6-5-15(26)28-2)11-13(14)22-18(23)25-9-7-24(8-10-25)17(19)20/h3-4,11H,5-10H2,1-2H3,(H3,19,20)(H,21,27). The van der Waals surface area contributed by atoms with Crippen molar-refractivity contribution in [2.24, 2.45) is 12.8 Å². The van der Waals surface area contributed by atoms with E-state index in [4.69, 9.17) is 16.1 Å². The molecule has 0 saturated carbocycles. The number of methoxy groups -OCH3 is 1. The first kappa shape index (κ1) is 19.5. The molecule has 1 aliphatic rings. The number of carbonyl (C=O) groups excluding carboxylic acids is 2. The molecule has 0 atom stereocenters. The molecular formula is C18H25N7O3. The fourth-order valence-electron chi connectivity index (χ4n) is 3.24. The van der Waals surface area contributed by atoms with Gasteiger partial charge in [-0.15, -0.1) is 0 Å². The van der Waals surface area contributed by atoms with Gasteiger partial charge in [-0.1, -0.05) is 0 Å². The zero-order valence-electron chi connectivity index (χ0n) is 16.1. The van der Waals surface area contributed by atoms with Gasteiger partial charge in [0.15, 0.2) is 5.96 Å². The summed E-state index contributed by atoms with van der Waals surface area (Å²) in [5.74, 6) is 0.289. The van der Waals surface area contributed by atoms with Crippen LogP contribution in [0.4, 0.5) is 5.95 Å². The van der Waals surface area contributed by atoms with E-state index in [1.807, 2.05) is 22.6 Å². The number of hydrogen-bond donors (Lipinski definition) is 3. The number of nitrogens with one attached hydrogen (secondary N) is 2. The van der Waals surface area contributed by atoms with Gasteiger partial charge in [0.2, 0.25) is 5.95 Å². The summed E-state index contributed by atoms with van der Waals surface area (Å²) in [4.78, 5) is 32.1. The Morgan fingerprint density at radius 2 is 2.00 bits per heavy atom. The van der Waals surface area contributed by atoms with Crippen LogP contribution in [0.3, 0.4) is 0 Å². The number of piperazine rings is 1. The number of hydrogen-bond acceptors (Lipinski definition) is 6. The van der Waals surface area contributed by atoms with Gasteiger partial charge in [0.05, 0.1) is 24.6 Å². The molecule has 3 rings (SSSR count). The van der Waals surface area contributed by atoms with Gasteiger partial charge in [-0.25, -0.2) is 4.98 Å². The summed E-state index contributed by atoms with van der Waals surface area (Å²) in [6, 6.07) is 5.36. The zero-order chi connectivity index (χ0) is 20.3. The molecule has 1 saturated heterocycles. The minimum Gasteiger partial charge on any atom is -0.469 e. The first-order valence-electron chi connectivity index (χ1n) is 9.06. The lowest BCUT2D eigenvalue weighted by atomic mass is 10.2. The Balaban J connectivity index is 1.72. The van der Waals surface area contributed by atoms with E-state index in [1.54, 1.807) is 12.1 Å². The molecule has 0 spiro atoms. The smallest absolute Gasteiger partial charge is 0.307 e. The summed E-state index contributed by atoms with van der Waals surface area (Å²) >= 11 is 0. The van der Waals surface area contributed by atoms with Gasteiger partial charge in [-0.3, -0.25) is 15.0 Å². The quantitative estimate of drug-likeness (QED) is 0.370. The molecule has 10 nitrogen and oxygen atoms in total. The predicted molar refractivity (Wildman–Crippen MR) is 105 cm³/mol. The van der Waals surface area contributed by atoms with Gasteiger partial charge in [0, 0.05) is 45.3 Å². The van der Waals surface area contributed by atoms with Gasteiger partial charge in [0.25, 0.3) is 5.91 Å². The van der Waals surface area contributed by atoms with E-state index in [9.17, 15) is 9.59 Å². The minimum absolute atomic E-state index is 0.0903. The number of anilines is 1. The summed E-state index contributed by atoms with van der Waals surface area (Å²) < 4.78 is 6.56. The molecule has 0 aliphatic carbocycles. The fourth-order valence-corrected chi connectivity index (χ4v) is 3.24. The van der Waals surface area contributed by atoms with E-state index in [0.29, 0.717) is 18.7 Å². The molecule has 28 heavy (non-hydrogen) atoms. The van der Waals surface area contributed by atoms with Crippen molar-refractivity contribution in [1.29, 1.82) is 5.41 Å². The van der Waals surface area contributed by atoms with Crippen LogP contribution < -0.4 is 16.0 Å². The number of aryl methyl sites for hydroxylation is 1. The van der Waals surface area contributed by atoms with Crippen LogP contribution in [0, 0.1) is 5.41 Å². The maximum absolute atomic E-state index is 12.3. The van der Waals surface area contributed by atoms with Crippen molar-refractivity contribution in [3.63, 3.8) is 0 Å². The number of esters is 1. The third kappa shape index (κ3) is 4.00. The molecule has 1 fully saturated rings. The van der Waals surface area contributed by atoms with Crippen molar-refractivity contribution < 1.29 is 14.3 Å². The Kier molecular flexibility index (Phi) is 5.67. The Morgan fingerprint density at radius 1 is 1.29 bits per heavy atom. The van der Waals surface area contributed by atoms with E-state index in [1.165, 1.54) is 7.11 Å². The Hall–Kier alpha value is -3.30. The Bertz CT molecular complexity index is 900. The number of guanidine groups is 1. The second-order valence-corrected chi connectivity index (χ2v) is 6.62. The molecule has 1 amide bonds. The molecule has 0 bridgehead atoms. The van der Waals surface area contributed by atoms with Crippen LogP contribution in [-0.4, -0.2) is 72.1 Å². The number of aromatic nitrogens is 2. The molecule has 1 aliphatic heterocycles. The first-order chi connectivity index (χ1) is 13.4. The zero-order valence-corrected chi connectivity index (χ0v) is 16.1. The van der Waals surface area contributed by atoms with Crippen LogP contribution in [0.25, 0.3) is 11.0 Å². The fraction of sp³-hybridized carbons (Fsp3) is 0.444. The van der Waals surface area contributed by atoms with Crippen LogP contribution in [0.2, 0.25) is 0 Å². The van der Waals surface area contributed by atoms with Gasteiger partial charge in [-0.2, -0.15) is 0 Å². The molecule has 1 aromatic heterocycles. The summed E-state index contributed by atoms with van der Waals surface area (Å²) in [7, 11) is 3.26. The lowest BCUT2D eigenvalue weighted by Crippen LogP contribution is -2.51. The molecule has 4 N–H and O–H groups in total. The predicted octanol–water partition coefficient (Wildman–Crippen LogP) is -0.118. The van der Waals surface area contributed by atoms with Gasteiger partial charge in [-0.05, 0) is 18.2 Å². The highest BCUT2D eigenvalue weighted by Crippen LogP contribution is 2.23. The highest BCUT2D eigenvalue weighted by Gasteiger charge is 2.22. The monoisotopic (exact) mass is 387 g/mol. The van der Waals surface area contributed by atoms with Gasteiger partial charge < -0.3 is 30.2 Å². The SMILES string of the molecule is COC(=O)CCNC(=O)c1ccc2c(c1)nc(N1CCN(C(=N)N)CC1)n2C. The van der Waals surface area contributed by atoms with E-state index >= 15 is 0 Å². The number of imidazole rings is 1. The van der Waals surface area contributed by atoms with Crippen LogP contribution in [0.1, 0.15) is 16.8 Å². The van der Waals surface area contributed by atoms with E-state index in [2.05, 4.69) is 15.0 Å². The van der Waals surface area contributed by atoms with Crippen LogP contribution >= 0.6 is 0 Å². The minimum atomic E-state index is -0.366. The summed E-state index contributed by atoms with van der Waals surface area (Å²) in [5, 5.41) is 10.2. The second kappa shape index (κ2) is 8.15. The number of ether oxygens (including phenoxy) is 1. The number of amides is 1. The summed E-state index contributed by atoms with van der Waals surface area (Å²) in [6.07, 6.45) is 0.129. The van der Waals surface area contributed by atoms with Gasteiger partial charge >= 0.3 is 5.97 Å². The van der Waals surface area contributed by atoms with Crippen LogP contribution in [0.5, 0.6) is 0 Å². The normalized spacial score (nSPS) is 14.2. The van der Waals surface area contributed by atoms with E-state index < -0.39 is 0 Å². The first-order valence-corrected chi connectivity index (χ1v) is 9.06. The molecule has 2 aromatic rings. The number of rotatable bonds is 5. The lowest BCUT2D eigenvalue weighted by Gasteiger charge is -2.35. The average Bonchev–Trinajstić information content (AvgIpc) is 3.03. The largest absolute Gasteiger partial charge is 0.469 e. The molecule has 150 valence electrons. The summed E-state index contributed by atoms with van der Waals surface area (Å²) in [5.41, 5.74) is 7.70. The van der Waals surface area contributed by atoms with Crippen molar-refractivity contribution in [3.05, 3.63) is 23.8 Å². The lowest BCUT2D eigenvalue weighted by molar-refractivity contribution is -0.140. The van der Waals surface area contributed by atoms with Crippen molar-refractivity contribution in [3.8, 4) is 0 Å². The highest BCUT2D eigenvalue weighted by molar-refractivity contribution is 5.97. The van der Waals surface area contributed by atoms with E-state index in [0.717, 1.165) is 30.1 Å². The molecular weight excluding hydrogens is 362 g/mol. The maximum atomic E-state index is 12.3. The molecule has 1 aromatic carbocycles. The number of nitrogens with two attached hydrogens (primary N) is 1. The molecule has 0 radical (unpaired) electrons. The molecule has 0 unspecified atom stereocenters. The third-order valence-electron chi connectivity index (χ3n) is 4.86.